The number of nitrogens with zero attached hydrogens (tertiary/aromatic N) is 1. The first-order valence-corrected chi connectivity index (χ1v) is 6.19. The molecular formula is C15H15N3O. The quantitative estimate of drug-likeness (QED) is 0.753. The Morgan fingerprint density at radius 3 is 2.63 bits per heavy atom. The number of aromatic nitrogens is 2. The first-order chi connectivity index (χ1) is 9.28. The van der Waals surface area contributed by atoms with Crippen molar-refractivity contribution in [2.45, 2.75) is 13.5 Å². The van der Waals surface area contributed by atoms with E-state index in [1.807, 2.05) is 49.4 Å². The number of hydrogen-bond donors (Lipinski definition) is 2. The number of rotatable bonds is 3. The second kappa shape index (κ2) is 4.74. The van der Waals surface area contributed by atoms with Crippen molar-refractivity contribution in [3.05, 3.63) is 53.9 Å². The summed E-state index contributed by atoms with van der Waals surface area (Å²) < 4.78 is 5.60. The van der Waals surface area contributed by atoms with Gasteiger partial charge in [-0.1, -0.05) is 30.3 Å². The first-order valence-electron chi connectivity index (χ1n) is 6.19. The molecule has 2 aromatic heterocycles. The lowest BCUT2D eigenvalue weighted by Gasteiger charge is -1.96. The fraction of sp³-hybridized carbons (Fsp3) is 0.133. The highest BCUT2D eigenvalue weighted by atomic mass is 16.3. The molecule has 3 rings (SSSR count). The van der Waals surface area contributed by atoms with Crippen molar-refractivity contribution in [1.29, 1.82) is 0 Å². The summed E-state index contributed by atoms with van der Waals surface area (Å²) in [6.45, 7) is 2.40. The smallest absolute Gasteiger partial charge is 0.174 e. The summed E-state index contributed by atoms with van der Waals surface area (Å²) >= 11 is 0. The Balaban J connectivity index is 2.02. The Hall–Kier alpha value is -2.33. The maximum atomic E-state index is 5.60. The summed E-state index contributed by atoms with van der Waals surface area (Å²) in [4.78, 5) is 7.86. The number of benzene rings is 1. The van der Waals surface area contributed by atoms with Crippen LogP contribution in [0.15, 0.2) is 46.9 Å². The Bertz CT molecular complexity index is 682. The zero-order valence-electron chi connectivity index (χ0n) is 10.7. The molecule has 0 aliphatic heterocycles. The predicted molar refractivity (Wildman–Crippen MR) is 74.4 cm³/mol. The van der Waals surface area contributed by atoms with E-state index in [4.69, 9.17) is 10.2 Å². The maximum absolute atomic E-state index is 5.60. The van der Waals surface area contributed by atoms with E-state index < -0.39 is 0 Å². The van der Waals surface area contributed by atoms with E-state index in [9.17, 15) is 0 Å². The molecule has 4 nitrogen and oxygen atoms in total. The van der Waals surface area contributed by atoms with Crippen molar-refractivity contribution in [1.82, 2.24) is 9.97 Å². The Morgan fingerprint density at radius 2 is 1.95 bits per heavy atom. The molecule has 0 aliphatic carbocycles. The Kier molecular flexibility index (Phi) is 2.93. The predicted octanol–water partition coefficient (Wildman–Crippen LogP) is 3.10. The molecule has 0 radical (unpaired) electrons. The molecule has 4 heteroatoms. The van der Waals surface area contributed by atoms with Gasteiger partial charge in [0.1, 0.15) is 5.76 Å². The molecule has 3 N–H and O–H groups in total. The van der Waals surface area contributed by atoms with Gasteiger partial charge in [-0.3, -0.25) is 0 Å². The van der Waals surface area contributed by atoms with Crippen LogP contribution in [0.1, 0.15) is 11.5 Å². The Labute approximate surface area is 111 Å². The molecule has 0 fully saturated rings. The van der Waals surface area contributed by atoms with Gasteiger partial charge in [-0.25, -0.2) is 4.98 Å². The van der Waals surface area contributed by atoms with Crippen LogP contribution in [0, 0.1) is 6.92 Å². The fourth-order valence-corrected chi connectivity index (χ4v) is 2.07. The molecule has 0 spiro atoms. The third kappa shape index (κ3) is 2.18. The minimum absolute atomic E-state index is 0.394. The van der Waals surface area contributed by atoms with Crippen LogP contribution in [0.4, 0.5) is 0 Å². The molecule has 96 valence electrons. The fourth-order valence-electron chi connectivity index (χ4n) is 2.07. The normalized spacial score (nSPS) is 10.8. The number of imidazole rings is 1. The molecular weight excluding hydrogens is 238 g/mol. The number of aryl methyl sites for hydroxylation is 1. The summed E-state index contributed by atoms with van der Waals surface area (Å²) in [6.07, 6.45) is 0. The first kappa shape index (κ1) is 11.7. The summed E-state index contributed by atoms with van der Waals surface area (Å²) in [5.41, 5.74) is 8.60. The van der Waals surface area contributed by atoms with E-state index in [2.05, 4.69) is 9.97 Å². The van der Waals surface area contributed by atoms with Crippen LogP contribution in [0.3, 0.4) is 0 Å². The number of H-pyrrole nitrogens is 1. The number of nitrogens with one attached hydrogen (secondary N) is 1. The Morgan fingerprint density at radius 1 is 1.16 bits per heavy atom. The van der Waals surface area contributed by atoms with Crippen molar-refractivity contribution in [2.24, 2.45) is 5.73 Å². The second-order valence-electron chi connectivity index (χ2n) is 4.40. The van der Waals surface area contributed by atoms with Crippen LogP contribution in [0.25, 0.3) is 22.8 Å². The van der Waals surface area contributed by atoms with Crippen molar-refractivity contribution in [2.75, 3.05) is 0 Å². The van der Waals surface area contributed by atoms with E-state index in [0.29, 0.717) is 12.3 Å². The van der Waals surface area contributed by atoms with Crippen molar-refractivity contribution in [3.8, 4) is 22.8 Å². The average molecular weight is 253 g/mol. The molecule has 1 aromatic carbocycles. The molecule has 2 heterocycles. The van der Waals surface area contributed by atoms with Crippen LogP contribution in [0.5, 0.6) is 0 Å². The second-order valence-corrected chi connectivity index (χ2v) is 4.40. The van der Waals surface area contributed by atoms with Crippen LogP contribution in [-0.2, 0) is 6.54 Å². The van der Waals surface area contributed by atoms with Crippen molar-refractivity contribution < 1.29 is 4.42 Å². The van der Waals surface area contributed by atoms with Gasteiger partial charge in [0, 0.05) is 11.3 Å². The van der Waals surface area contributed by atoms with Gasteiger partial charge >= 0.3 is 0 Å². The summed E-state index contributed by atoms with van der Waals surface area (Å²) in [5.74, 6) is 2.20. The summed E-state index contributed by atoms with van der Waals surface area (Å²) in [6, 6.07) is 13.8. The summed E-state index contributed by atoms with van der Waals surface area (Å²) in [7, 11) is 0. The SMILES string of the molecule is Cc1[nH]c(-c2ccc(CN)o2)nc1-c1ccccc1. The van der Waals surface area contributed by atoms with Gasteiger partial charge in [0.05, 0.1) is 12.2 Å². The largest absolute Gasteiger partial charge is 0.456 e. The van der Waals surface area contributed by atoms with Crippen LogP contribution in [-0.4, -0.2) is 9.97 Å². The van der Waals surface area contributed by atoms with E-state index in [-0.39, 0.29) is 0 Å². The number of nitrogens with two attached hydrogens (primary N) is 1. The highest BCUT2D eigenvalue weighted by Crippen LogP contribution is 2.26. The zero-order chi connectivity index (χ0) is 13.2. The molecule has 0 saturated heterocycles. The van der Waals surface area contributed by atoms with Gasteiger partial charge in [-0.2, -0.15) is 0 Å². The lowest BCUT2D eigenvalue weighted by Crippen LogP contribution is -1.92. The minimum Gasteiger partial charge on any atom is -0.456 e. The van der Waals surface area contributed by atoms with Gasteiger partial charge in [0.2, 0.25) is 0 Å². The van der Waals surface area contributed by atoms with Crippen LogP contribution < -0.4 is 5.73 Å². The van der Waals surface area contributed by atoms with E-state index >= 15 is 0 Å². The number of hydrogen-bond acceptors (Lipinski definition) is 3. The standard InChI is InChI=1S/C15H15N3O/c1-10-14(11-5-3-2-4-6-11)18-15(17-10)13-8-7-12(9-16)19-13/h2-8H,9,16H2,1H3,(H,17,18). The zero-order valence-corrected chi connectivity index (χ0v) is 10.7. The molecule has 3 aromatic rings. The third-order valence-corrected chi connectivity index (χ3v) is 3.03. The van der Waals surface area contributed by atoms with Gasteiger partial charge in [0.25, 0.3) is 0 Å². The van der Waals surface area contributed by atoms with Crippen molar-refractivity contribution >= 4 is 0 Å². The average Bonchev–Trinajstić information content (AvgIpc) is 3.06. The monoisotopic (exact) mass is 253 g/mol. The van der Waals surface area contributed by atoms with Gasteiger partial charge < -0.3 is 15.1 Å². The highest BCUT2D eigenvalue weighted by Gasteiger charge is 2.12. The van der Waals surface area contributed by atoms with Gasteiger partial charge in [-0.15, -0.1) is 0 Å². The topological polar surface area (TPSA) is 67.8 Å². The van der Waals surface area contributed by atoms with E-state index in [1.54, 1.807) is 0 Å². The number of furan rings is 1. The van der Waals surface area contributed by atoms with Crippen molar-refractivity contribution in [3.63, 3.8) is 0 Å². The molecule has 0 amide bonds. The molecule has 0 bridgehead atoms. The van der Waals surface area contributed by atoms with Crippen LogP contribution in [0.2, 0.25) is 0 Å². The highest BCUT2D eigenvalue weighted by molar-refractivity contribution is 5.65. The van der Waals surface area contributed by atoms with Crippen LogP contribution >= 0.6 is 0 Å². The molecule has 0 unspecified atom stereocenters. The maximum Gasteiger partial charge on any atom is 0.174 e. The molecule has 19 heavy (non-hydrogen) atoms. The minimum atomic E-state index is 0.394. The molecule has 0 saturated carbocycles. The lowest BCUT2D eigenvalue weighted by atomic mass is 10.1. The van der Waals surface area contributed by atoms with E-state index in [0.717, 1.165) is 28.5 Å². The van der Waals surface area contributed by atoms with E-state index in [1.165, 1.54) is 0 Å². The lowest BCUT2D eigenvalue weighted by molar-refractivity contribution is 0.522. The third-order valence-electron chi connectivity index (χ3n) is 3.03. The molecule has 0 atom stereocenters. The van der Waals surface area contributed by atoms with Gasteiger partial charge in [0.15, 0.2) is 11.6 Å². The summed E-state index contributed by atoms with van der Waals surface area (Å²) in [5, 5.41) is 0. The number of aromatic amines is 1. The molecule has 0 aliphatic rings. The van der Waals surface area contributed by atoms with Gasteiger partial charge in [-0.05, 0) is 19.1 Å².